The number of anilines is 1. The van der Waals surface area contributed by atoms with E-state index in [1.807, 2.05) is 0 Å². The van der Waals surface area contributed by atoms with Crippen molar-refractivity contribution in [3.63, 3.8) is 0 Å². The summed E-state index contributed by atoms with van der Waals surface area (Å²) in [6, 6.07) is 3.12. The van der Waals surface area contributed by atoms with Crippen LogP contribution in [0.2, 0.25) is 0 Å². The standard InChI is InChI=1S/C23H21F3N6O4/c1-4-18(33)31-8-7-14(12-31)22-29-15(6-5-13-9-16(34-2)30-17(10-13)35-3)20-21(27)28-11-19(32(20)22)36-23(24,25)26/h4,9-11,14H,1,7-8,12H2,2-3H3,(H2,27,28)/t14-/m0/s1. The number of imidazole rings is 1. The van der Waals surface area contributed by atoms with Gasteiger partial charge in [-0.3, -0.25) is 9.20 Å². The molecule has 4 heterocycles. The number of pyridine rings is 1. The molecular formula is C23H21F3N6O4. The Morgan fingerprint density at radius 3 is 2.53 bits per heavy atom. The second-order valence-electron chi connectivity index (χ2n) is 7.70. The minimum Gasteiger partial charge on any atom is -0.481 e. The van der Waals surface area contributed by atoms with Crippen molar-refractivity contribution in [2.45, 2.75) is 18.7 Å². The van der Waals surface area contributed by atoms with Gasteiger partial charge in [-0.2, -0.15) is 4.98 Å². The van der Waals surface area contributed by atoms with Crippen LogP contribution < -0.4 is 19.9 Å². The number of aromatic nitrogens is 4. The van der Waals surface area contributed by atoms with Crippen molar-refractivity contribution >= 4 is 17.2 Å². The molecule has 1 fully saturated rings. The van der Waals surface area contributed by atoms with Gasteiger partial charge in [0.15, 0.2) is 5.82 Å². The number of nitrogens with two attached hydrogens (primary N) is 1. The molecule has 0 spiro atoms. The molecule has 1 atom stereocenters. The average molecular weight is 502 g/mol. The maximum atomic E-state index is 13.2. The second kappa shape index (κ2) is 9.65. The molecule has 3 aromatic rings. The highest BCUT2D eigenvalue weighted by Crippen LogP contribution is 2.34. The van der Waals surface area contributed by atoms with E-state index in [9.17, 15) is 18.0 Å². The lowest BCUT2D eigenvalue weighted by Gasteiger charge is -2.16. The third-order valence-electron chi connectivity index (χ3n) is 5.46. The van der Waals surface area contributed by atoms with E-state index in [0.717, 1.165) is 10.6 Å². The Morgan fingerprint density at radius 2 is 1.92 bits per heavy atom. The Bertz CT molecular complexity index is 1370. The lowest BCUT2D eigenvalue weighted by molar-refractivity contribution is -0.276. The van der Waals surface area contributed by atoms with Crippen LogP contribution in [0.3, 0.4) is 0 Å². The van der Waals surface area contributed by atoms with Crippen LogP contribution >= 0.6 is 0 Å². The maximum Gasteiger partial charge on any atom is 0.574 e. The van der Waals surface area contributed by atoms with Gasteiger partial charge < -0.3 is 24.8 Å². The van der Waals surface area contributed by atoms with Crippen molar-refractivity contribution in [2.75, 3.05) is 33.0 Å². The molecule has 1 amide bonds. The Balaban J connectivity index is 1.87. The highest BCUT2D eigenvalue weighted by molar-refractivity contribution is 5.87. The predicted molar refractivity (Wildman–Crippen MR) is 122 cm³/mol. The number of hydrogen-bond acceptors (Lipinski definition) is 8. The van der Waals surface area contributed by atoms with Crippen molar-refractivity contribution in [1.29, 1.82) is 0 Å². The number of amides is 1. The largest absolute Gasteiger partial charge is 0.574 e. The zero-order valence-corrected chi connectivity index (χ0v) is 19.3. The Kier molecular flexibility index (Phi) is 6.61. The number of nitrogen functional groups attached to an aromatic ring is 1. The van der Waals surface area contributed by atoms with E-state index in [-0.39, 0.29) is 47.1 Å². The van der Waals surface area contributed by atoms with Crippen LogP contribution in [-0.2, 0) is 4.79 Å². The number of hydrogen-bond donors (Lipinski definition) is 1. The molecule has 1 saturated heterocycles. The number of ether oxygens (including phenoxy) is 3. The lowest BCUT2D eigenvalue weighted by atomic mass is 10.1. The molecule has 36 heavy (non-hydrogen) atoms. The third-order valence-corrected chi connectivity index (χ3v) is 5.46. The number of likely N-dealkylation sites (tertiary alicyclic amines) is 1. The van der Waals surface area contributed by atoms with E-state index in [4.69, 9.17) is 15.2 Å². The zero-order valence-electron chi connectivity index (χ0n) is 19.3. The molecule has 0 aliphatic carbocycles. The SMILES string of the molecule is C=CC(=O)N1CC[C@H](c2nc(C#Cc3cc(OC)nc(OC)c3)c3c(N)ncc(OC(F)(F)F)n23)C1. The normalized spacial score (nSPS) is 15.4. The van der Waals surface area contributed by atoms with Gasteiger partial charge in [0, 0.05) is 36.7 Å². The van der Waals surface area contributed by atoms with Crippen LogP contribution in [0, 0.1) is 11.8 Å². The van der Waals surface area contributed by atoms with Crippen molar-refractivity contribution in [3.8, 4) is 29.5 Å². The zero-order chi connectivity index (χ0) is 26.0. The molecule has 3 aromatic heterocycles. The van der Waals surface area contributed by atoms with E-state index in [1.165, 1.54) is 25.2 Å². The smallest absolute Gasteiger partial charge is 0.481 e. The molecule has 2 N–H and O–H groups in total. The lowest BCUT2D eigenvalue weighted by Crippen LogP contribution is -2.26. The number of alkyl halides is 3. The Labute approximate surface area is 203 Å². The quantitative estimate of drug-likeness (QED) is 0.418. The molecule has 0 radical (unpaired) electrons. The average Bonchev–Trinajstić information content (AvgIpc) is 3.49. The van der Waals surface area contributed by atoms with Gasteiger partial charge in [0.1, 0.15) is 17.0 Å². The second-order valence-corrected chi connectivity index (χ2v) is 7.70. The van der Waals surface area contributed by atoms with Crippen molar-refractivity contribution in [1.82, 2.24) is 24.3 Å². The molecule has 1 aliphatic heterocycles. The summed E-state index contributed by atoms with van der Waals surface area (Å²) < 4.78 is 55.2. The first-order chi connectivity index (χ1) is 17.1. The summed E-state index contributed by atoms with van der Waals surface area (Å²) in [5.74, 6) is 5.07. The summed E-state index contributed by atoms with van der Waals surface area (Å²) in [5.41, 5.74) is 6.66. The maximum absolute atomic E-state index is 13.2. The minimum absolute atomic E-state index is 0.0562. The Hall–Kier alpha value is -4.47. The van der Waals surface area contributed by atoms with Gasteiger partial charge >= 0.3 is 6.36 Å². The van der Waals surface area contributed by atoms with Gasteiger partial charge in [0.05, 0.1) is 20.4 Å². The first-order valence-corrected chi connectivity index (χ1v) is 10.6. The number of fused-ring (bicyclic) bond motifs is 1. The van der Waals surface area contributed by atoms with Crippen LogP contribution in [0.4, 0.5) is 19.0 Å². The van der Waals surface area contributed by atoms with Crippen molar-refractivity contribution in [3.05, 3.63) is 48.1 Å². The van der Waals surface area contributed by atoms with Gasteiger partial charge in [-0.15, -0.1) is 13.2 Å². The highest BCUT2D eigenvalue weighted by Gasteiger charge is 2.36. The molecule has 1 aliphatic rings. The molecular weight excluding hydrogens is 481 g/mol. The molecule has 0 aromatic carbocycles. The molecule has 188 valence electrons. The van der Waals surface area contributed by atoms with Gasteiger partial charge in [0.2, 0.25) is 23.5 Å². The minimum atomic E-state index is -4.98. The number of carbonyl (C=O) groups excluding carboxylic acids is 1. The van der Waals surface area contributed by atoms with Gasteiger partial charge in [-0.05, 0) is 18.4 Å². The van der Waals surface area contributed by atoms with Gasteiger partial charge in [-0.25, -0.2) is 9.97 Å². The number of methoxy groups -OCH3 is 2. The summed E-state index contributed by atoms with van der Waals surface area (Å²) in [4.78, 5) is 26.1. The monoisotopic (exact) mass is 502 g/mol. The fourth-order valence-electron chi connectivity index (χ4n) is 3.89. The molecule has 10 nitrogen and oxygen atoms in total. The van der Waals surface area contributed by atoms with Crippen molar-refractivity contribution in [2.24, 2.45) is 0 Å². The summed E-state index contributed by atoms with van der Waals surface area (Å²) >= 11 is 0. The number of rotatable bonds is 5. The number of nitrogens with zero attached hydrogens (tertiary/aromatic N) is 5. The fraction of sp³-hybridized carbons (Fsp3) is 0.304. The van der Waals surface area contributed by atoms with E-state index in [0.29, 0.717) is 18.5 Å². The van der Waals surface area contributed by atoms with E-state index < -0.39 is 18.2 Å². The summed E-state index contributed by atoms with van der Waals surface area (Å²) in [6.45, 7) is 4.09. The van der Waals surface area contributed by atoms with E-state index in [2.05, 4.69) is 38.1 Å². The third kappa shape index (κ3) is 4.97. The Morgan fingerprint density at radius 1 is 1.22 bits per heavy atom. The van der Waals surface area contributed by atoms with E-state index in [1.54, 1.807) is 12.1 Å². The number of carbonyl (C=O) groups is 1. The molecule has 0 bridgehead atoms. The first-order valence-electron chi connectivity index (χ1n) is 10.6. The van der Waals surface area contributed by atoms with Crippen molar-refractivity contribution < 1.29 is 32.2 Å². The van der Waals surface area contributed by atoms with Crippen LogP contribution in [-0.4, -0.2) is 63.8 Å². The first kappa shape index (κ1) is 24.6. The predicted octanol–water partition coefficient (Wildman–Crippen LogP) is 2.52. The van der Waals surface area contributed by atoms with Crippen LogP contribution in [0.1, 0.15) is 29.4 Å². The topological polar surface area (TPSA) is 117 Å². The van der Waals surface area contributed by atoms with Gasteiger partial charge in [0.25, 0.3) is 0 Å². The molecule has 13 heteroatoms. The fourth-order valence-corrected chi connectivity index (χ4v) is 3.89. The van der Waals surface area contributed by atoms with Crippen LogP contribution in [0.15, 0.2) is 31.0 Å². The summed E-state index contributed by atoms with van der Waals surface area (Å²) in [7, 11) is 2.87. The molecule has 4 rings (SSSR count). The van der Waals surface area contributed by atoms with Crippen LogP contribution in [0.5, 0.6) is 17.6 Å². The molecule has 0 saturated carbocycles. The van der Waals surface area contributed by atoms with Crippen LogP contribution in [0.25, 0.3) is 5.52 Å². The van der Waals surface area contributed by atoms with Gasteiger partial charge in [-0.1, -0.05) is 12.5 Å². The van der Waals surface area contributed by atoms with E-state index >= 15 is 0 Å². The number of halogens is 3. The molecule has 0 unspecified atom stereocenters. The summed E-state index contributed by atoms with van der Waals surface area (Å²) in [6.07, 6.45) is -2.47. The highest BCUT2D eigenvalue weighted by atomic mass is 19.4. The summed E-state index contributed by atoms with van der Waals surface area (Å²) in [5, 5.41) is 0.